The van der Waals surface area contributed by atoms with Crippen LogP contribution in [0.25, 0.3) is 0 Å². The lowest BCUT2D eigenvalue weighted by atomic mass is 9.99. The number of allylic oxidation sites excluding steroid dienone is 3. The molecule has 0 aromatic heterocycles. The van der Waals surface area contributed by atoms with E-state index in [9.17, 15) is 23.9 Å². The van der Waals surface area contributed by atoms with Crippen LogP contribution in [0.4, 0.5) is 0 Å². The molecule has 11 heteroatoms. The number of fused-ring (bicyclic) bond motifs is 1. The van der Waals surface area contributed by atoms with E-state index in [2.05, 4.69) is 5.16 Å². The number of esters is 1. The summed E-state index contributed by atoms with van der Waals surface area (Å²) in [7, 11) is -4.93. The molecule has 2 aliphatic heterocycles. The molecule has 2 heterocycles. The number of carbonyl (C=O) groups excluding carboxylic acids is 2. The lowest BCUT2D eigenvalue weighted by Crippen LogP contribution is -2.37. The summed E-state index contributed by atoms with van der Waals surface area (Å²) in [5.41, 5.74) is 1.77. The molecule has 2 N–H and O–H groups in total. The Morgan fingerprint density at radius 2 is 1.92 bits per heavy atom. The van der Waals surface area contributed by atoms with Crippen LogP contribution < -0.4 is 4.52 Å². The van der Waals surface area contributed by atoms with E-state index in [1.807, 2.05) is 25.2 Å². The first-order chi connectivity index (χ1) is 17.2. The Hall–Kier alpha value is -2.94. The van der Waals surface area contributed by atoms with Gasteiger partial charge in [0.15, 0.2) is 6.61 Å². The molecule has 10 nitrogen and oxygen atoms in total. The van der Waals surface area contributed by atoms with Crippen LogP contribution in [-0.2, 0) is 25.4 Å². The number of rotatable bonds is 5. The number of amides is 1. The normalized spacial score (nSPS) is 21.4. The third kappa shape index (κ3) is 8.93. The predicted molar refractivity (Wildman–Crippen MR) is 134 cm³/mol. The summed E-state index contributed by atoms with van der Waals surface area (Å²) in [5.74, 6) is -1.18. The Morgan fingerprint density at radius 3 is 2.67 bits per heavy atom. The zero-order chi connectivity index (χ0) is 26.0. The van der Waals surface area contributed by atoms with Gasteiger partial charge in [0.05, 0.1) is 12.3 Å². The van der Waals surface area contributed by atoms with Crippen LogP contribution in [0.3, 0.4) is 0 Å². The number of phosphoric acid groups is 1. The largest absolute Gasteiger partial charge is 0.524 e. The molecule has 1 amide bonds. The molecular weight excluding hydrogens is 487 g/mol. The highest BCUT2D eigenvalue weighted by molar-refractivity contribution is 7.46. The Morgan fingerprint density at radius 1 is 1.17 bits per heavy atom. The molecule has 1 aromatic carbocycles. The van der Waals surface area contributed by atoms with Gasteiger partial charge in [0, 0.05) is 19.5 Å². The highest BCUT2D eigenvalue weighted by Gasteiger charge is 2.25. The van der Waals surface area contributed by atoms with Gasteiger partial charge in [0.1, 0.15) is 11.3 Å². The van der Waals surface area contributed by atoms with Crippen LogP contribution in [-0.4, -0.2) is 58.6 Å². The molecule has 0 aliphatic carbocycles. The number of nitrogens with zero attached hydrogens (tertiary/aromatic N) is 2. The molecule has 3 rings (SSSR count). The van der Waals surface area contributed by atoms with Crippen molar-refractivity contribution in [2.24, 2.45) is 5.16 Å². The molecule has 36 heavy (non-hydrogen) atoms. The van der Waals surface area contributed by atoms with E-state index in [1.54, 1.807) is 11.0 Å². The molecule has 0 atom stereocenters. The van der Waals surface area contributed by atoms with Crippen molar-refractivity contribution in [2.45, 2.75) is 51.9 Å². The van der Waals surface area contributed by atoms with Gasteiger partial charge in [-0.25, -0.2) is 9.36 Å². The van der Waals surface area contributed by atoms with Gasteiger partial charge in [-0.2, -0.15) is 0 Å². The van der Waals surface area contributed by atoms with Crippen molar-refractivity contribution in [3.63, 3.8) is 0 Å². The first-order valence-electron chi connectivity index (χ1n) is 12.1. The maximum Gasteiger partial charge on any atom is 0.524 e. The van der Waals surface area contributed by atoms with Gasteiger partial charge in [-0.05, 0) is 63.2 Å². The molecular formula is C25H33N2O8P. The molecule has 0 bridgehead atoms. The predicted octanol–water partition coefficient (Wildman–Crippen LogP) is 3.93. The fourth-order valence-electron chi connectivity index (χ4n) is 4.06. The third-order valence-electron chi connectivity index (χ3n) is 5.79. The summed E-state index contributed by atoms with van der Waals surface area (Å²) in [6.07, 6.45) is 11.0. The third-order valence-corrected chi connectivity index (χ3v) is 6.22. The van der Waals surface area contributed by atoms with Gasteiger partial charge < -0.3 is 19.0 Å². The second kappa shape index (κ2) is 13.4. The minimum atomic E-state index is -4.93. The summed E-state index contributed by atoms with van der Waals surface area (Å²) < 4.78 is 21.7. The summed E-state index contributed by atoms with van der Waals surface area (Å²) >= 11 is 0. The first-order valence-corrected chi connectivity index (χ1v) is 13.6. The minimum absolute atomic E-state index is 0.0911. The van der Waals surface area contributed by atoms with E-state index in [4.69, 9.17) is 14.1 Å². The highest BCUT2D eigenvalue weighted by atomic mass is 31.2. The number of hydrogen-bond donors (Lipinski definition) is 2. The lowest BCUT2D eigenvalue weighted by Gasteiger charge is -2.26. The topological polar surface area (TPSA) is 135 Å². The fraction of sp³-hybridized carbons (Fsp3) is 0.480. The second-order valence-electron chi connectivity index (χ2n) is 8.77. The average molecular weight is 521 g/mol. The Kier molecular flexibility index (Phi) is 10.3. The van der Waals surface area contributed by atoms with Crippen LogP contribution in [0.1, 0.15) is 61.4 Å². The zero-order valence-corrected chi connectivity index (χ0v) is 21.3. The van der Waals surface area contributed by atoms with E-state index in [-0.39, 0.29) is 36.9 Å². The number of hydrogen-bond acceptors (Lipinski definition) is 7. The summed E-state index contributed by atoms with van der Waals surface area (Å²) in [4.78, 5) is 51.2. The van der Waals surface area contributed by atoms with Crippen LogP contribution >= 0.6 is 7.82 Å². The number of likely N-dealkylation sites (tertiary alicyclic amines) is 1. The Bertz CT molecular complexity index is 1070. The van der Waals surface area contributed by atoms with Crippen molar-refractivity contribution < 1.29 is 38.0 Å². The number of cyclic esters (lactones) is 1. The van der Waals surface area contributed by atoms with Crippen molar-refractivity contribution in [2.75, 3.05) is 26.3 Å². The molecule has 1 saturated heterocycles. The van der Waals surface area contributed by atoms with E-state index < -0.39 is 13.8 Å². The Balaban J connectivity index is 1.91. The summed E-state index contributed by atoms with van der Waals surface area (Å²) in [5, 5.41) is 4.19. The molecule has 1 aromatic rings. The van der Waals surface area contributed by atoms with Crippen molar-refractivity contribution in [3.8, 4) is 5.75 Å². The van der Waals surface area contributed by atoms with E-state index in [0.29, 0.717) is 30.8 Å². The molecule has 196 valence electrons. The van der Waals surface area contributed by atoms with Gasteiger partial charge in [0.25, 0.3) is 5.91 Å². The second-order valence-corrected chi connectivity index (χ2v) is 9.94. The van der Waals surface area contributed by atoms with E-state index >= 15 is 0 Å². The molecule has 1 fully saturated rings. The lowest BCUT2D eigenvalue weighted by molar-refractivity contribution is -0.137. The van der Waals surface area contributed by atoms with E-state index in [1.165, 1.54) is 12.1 Å². The van der Waals surface area contributed by atoms with Crippen molar-refractivity contribution in [3.05, 3.63) is 53.1 Å². The number of piperidine rings is 1. The maximum atomic E-state index is 12.9. The zero-order valence-electron chi connectivity index (χ0n) is 20.4. The molecule has 0 radical (unpaired) electrons. The van der Waals surface area contributed by atoms with Gasteiger partial charge >= 0.3 is 13.8 Å². The first kappa shape index (κ1) is 27.6. The van der Waals surface area contributed by atoms with Crippen molar-refractivity contribution in [1.29, 1.82) is 0 Å². The highest BCUT2D eigenvalue weighted by Crippen LogP contribution is 2.40. The summed E-state index contributed by atoms with van der Waals surface area (Å²) in [6.45, 7) is 3.29. The standard InChI is InChI=1S/C25H33N2O8P/c1-19-10-5-2-3-8-15-33-25(29)24-20(11-9-12-22(24)35-36(30,31)32)17-21(16-19)26-34-18-23(28)27-13-6-4-7-14-27/h2-3,9,11-12,16H,4-8,10,13-15,17-18H2,1H3,(H2,30,31,32)/b3-2+,19-16+,26-21+. The number of oxime groups is 1. The number of carbonyl (C=O) groups is 2. The smallest absolute Gasteiger partial charge is 0.462 e. The summed E-state index contributed by atoms with van der Waals surface area (Å²) in [6, 6.07) is 4.46. The van der Waals surface area contributed by atoms with Gasteiger partial charge in [-0.15, -0.1) is 0 Å². The van der Waals surface area contributed by atoms with Crippen LogP contribution in [0.15, 0.2) is 47.2 Å². The van der Waals surface area contributed by atoms with Gasteiger partial charge in [-0.1, -0.05) is 35.0 Å². The van der Waals surface area contributed by atoms with E-state index in [0.717, 1.165) is 37.7 Å². The van der Waals surface area contributed by atoms with Crippen molar-refractivity contribution >= 4 is 25.4 Å². The van der Waals surface area contributed by atoms with Crippen LogP contribution in [0.5, 0.6) is 5.75 Å². The number of ether oxygens (including phenoxy) is 1. The Labute approximate surface area is 210 Å². The van der Waals surface area contributed by atoms with Crippen LogP contribution in [0, 0.1) is 0 Å². The SMILES string of the molecule is C/C1=C\C(=N/OCC(=O)N2CCCCC2)Cc2cccc(OP(=O)(O)O)c2C(=O)OCC/C=C/CC1. The molecule has 0 spiro atoms. The monoisotopic (exact) mass is 520 g/mol. The van der Waals surface area contributed by atoms with Gasteiger partial charge in [-0.3, -0.25) is 14.6 Å². The average Bonchev–Trinajstić information content (AvgIpc) is 2.82. The molecule has 0 unspecified atom stereocenters. The van der Waals surface area contributed by atoms with Crippen molar-refractivity contribution in [1.82, 2.24) is 4.90 Å². The molecule has 0 saturated carbocycles. The fourth-order valence-corrected chi connectivity index (χ4v) is 4.47. The number of phosphoric ester groups is 1. The quantitative estimate of drug-likeness (QED) is 0.258. The maximum absolute atomic E-state index is 12.9. The minimum Gasteiger partial charge on any atom is -0.462 e. The number of benzene rings is 1. The van der Waals surface area contributed by atoms with Gasteiger partial charge in [0.2, 0.25) is 0 Å². The van der Waals surface area contributed by atoms with Crippen LogP contribution in [0.2, 0.25) is 0 Å². The molecule has 2 aliphatic rings.